The van der Waals surface area contributed by atoms with Crippen molar-refractivity contribution in [3.05, 3.63) is 11.1 Å². The molecule has 0 amide bonds. The van der Waals surface area contributed by atoms with Crippen molar-refractivity contribution in [1.82, 2.24) is 4.90 Å². The summed E-state index contributed by atoms with van der Waals surface area (Å²) in [7, 11) is 0. The third kappa shape index (κ3) is 3.50. The number of nitrogens with zero attached hydrogens (tertiary/aromatic N) is 1. The largest absolute Gasteiger partial charge is 0.465 e. The molecule has 0 spiro atoms. The Balaban J connectivity index is 2.53. The van der Waals surface area contributed by atoms with Gasteiger partial charge in [-0.1, -0.05) is 11.6 Å². The Bertz CT molecular complexity index is 253. The van der Waals surface area contributed by atoms with Gasteiger partial charge in [0.05, 0.1) is 6.61 Å². The molecule has 3 nitrogen and oxygen atoms in total. The van der Waals surface area contributed by atoms with Crippen molar-refractivity contribution in [2.24, 2.45) is 0 Å². The number of hydrogen-bond acceptors (Lipinski definition) is 3. The number of rotatable bonds is 4. The van der Waals surface area contributed by atoms with E-state index in [9.17, 15) is 4.79 Å². The number of hydrogen-bond donors (Lipinski definition) is 0. The topological polar surface area (TPSA) is 29.5 Å². The van der Waals surface area contributed by atoms with E-state index in [2.05, 4.69) is 4.90 Å². The predicted molar refractivity (Wildman–Crippen MR) is 60.8 cm³/mol. The summed E-state index contributed by atoms with van der Waals surface area (Å²) in [5.41, 5.74) is 2.65. The third-order valence-corrected chi connectivity index (χ3v) is 2.93. The molecule has 1 atom stereocenters. The average molecular weight is 232 g/mol. The van der Waals surface area contributed by atoms with Crippen molar-refractivity contribution in [3.8, 4) is 0 Å². The van der Waals surface area contributed by atoms with Gasteiger partial charge < -0.3 is 4.74 Å². The quantitative estimate of drug-likeness (QED) is 0.695. The first-order valence-corrected chi connectivity index (χ1v) is 5.79. The molecule has 86 valence electrons. The van der Waals surface area contributed by atoms with Gasteiger partial charge in [-0.2, -0.15) is 0 Å². The Morgan fingerprint density at radius 1 is 1.67 bits per heavy atom. The summed E-state index contributed by atoms with van der Waals surface area (Å²) in [5, 5.41) is 0. The fraction of sp³-hybridized carbons (Fsp3) is 0.727. The van der Waals surface area contributed by atoms with Crippen LogP contribution in [0, 0.1) is 0 Å². The number of ether oxygens (including phenoxy) is 1. The second-order valence-corrected chi connectivity index (χ2v) is 4.05. The van der Waals surface area contributed by atoms with Crippen LogP contribution in [-0.2, 0) is 9.53 Å². The Morgan fingerprint density at radius 3 is 3.00 bits per heavy atom. The zero-order valence-electron chi connectivity index (χ0n) is 9.33. The number of carbonyl (C=O) groups excluding carboxylic acids is 1. The normalized spacial score (nSPS) is 23.1. The van der Waals surface area contributed by atoms with Gasteiger partial charge in [0, 0.05) is 12.1 Å². The third-order valence-electron chi connectivity index (χ3n) is 2.56. The van der Waals surface area contributed by atoms with Crippen LogP contribution in [0.2, 0.25) is 0 Å². The maximum absolute atomic E-state index is 11.6. The standard InChI is InChI=1S/C11H18ClNO2/c1-3-15-11(14)10-5-4-6-13(10)8-9(2)7-12/h7,10H,3-6,8H2,1-2H3. The number of halogens is 1. The summed E-state index contributed by atoms with van der Waals surface area (Å²) in [6, 6.07) is -0.0727. The fourth-order valence-corrected chi connectivity index (χ4v) is 1.94. The second-order valence-electron chi connectivity index (χ2n) is 3.84. The highest BCUT2D eigenvalue weighted by Gasteiger charge is 2.31. The van der Waals surface area contributed by atoms with Gasteiger partial charge in [-0.15, -0.1) is 0 Å². The summed E-state index contributed by atoms with van der Waals surface area (Å²) in [6.07, 6.45) is 1.95. The molecule has 1 rings (SSSR count). The lowest BCUT2D eigenvalue weighted by Crippen LogP contribution is -2.38. The molecule has 0 saturated carbocycles. The van der Waals surface area contributed by atoms with Crippen molar-refractivity contribution in [3.63, 3.8) is 0 Å². The van der Waals surface area contributed by atoms with Gasteiger partial charge in [0.1, 0.15) is 6.04 Å². The summed E-state index contributed by atoms with van der Waals surface area (Å²) in [6.45, 7) is 5.96. The molecule has 1 heterocycles. The molecule has 4 heteroatoms. The van der Waals surface area contributed by atoms with Gasteiger partial charge in [-0.05, 0) is 38.8 Å². The molecule has 0 aromatic rings. The zero-order valence-corrected chi connectivity index (χ0v) is 10.1. The molecular weight excluding hydrogens is 214 g/mol. The Labute approximate surface area is 96.0 Å². The van der Waals surface area contributed by atoms with Crippen LogP contribution in [0.3, 0.4) is 0 Å². The summed E-state index contributed by atoms with van der Waals surface area (Å²) in [4.78, 5) is 13.7. The highest BCUT2D eigenvalue weighted by Crippen LogP contribution is 2.19. The van der Waals surface area contributed by atoms with E-state index in [1.165, 1.54) is 0 Å². The molecule has 0 aromatic carbocycles. The molecule has 1 aliphatic rings. The molecule has 1 fully saturated rings. The summed E-state index contributed by atoms with van der Waals surface area (Å²) < 4.78 is 5.04. The van der Waals surface area contributed by atoms with Crippen LogP contribution in [0.1, 0.15) is 26.7 Å². The lowest BCUT2D eigenvalue weighted by Gasteiger charge is -2.22. The van der Waals surface area contributed by atoms with E-state index >= 15 is 0 Å². The second kappa shape index (κ2) is 6.13. The molecule has 0 radical (unpaired) electrons. The van der Waals surface area contributed by atoms with Crippen molar-refractivity contribution in [2.75, 3.05) is 19.7 Å². The SMILES string of the molecule is CCOC(=O)C1CCCN1CC(C)=CCl. The van der Waals surface area contributed by atoms with Crippen molar-refractivity contribution in [1.29, 1.82) is 0 Å². The minimum absolute atomic E-state index is 0.0727. The van der Waals surface area contributed by atoms with Crippen LogP contribution in [0.5, 0.6) is 0 Å². The van der Waals surface area contributed by atoms with Crippen LogP contribution in [0.25, 0.3) is 0 Å². The van der Waals surface area contributed by atoms with Gasteiger partial charge in [0.15, 0.2) is 0 Å². The number of likely N-dealkylation sites (tertiary alicyclic amines) is 1. The van der Waals surface area contributed by atoms with Gasteiger partial charge in [-0.25, -0.2) is 0 Å². The maximum Gasteiger partial charge on any atom is 0.323 e. The molecule has 0 bridgehead atoms. The van der Waals surface area contributed by atoms with E-state index in [4.69, 9.17) is 16.3 Å². The van der Waals surface area contributed by atoms with E-state index in [-0.39, 0.29) is 12.0 Å². The summed E-state index contributed by atoms with van der Waals surface area (Å²) in [5.74, 6) is -0.0997. The Hall–Kier alpha value is -0.540. The van der Waals surface area contributed by atoms with Crippen LogP contribution >= 0.6 is 11.6 Å². The van der Waals surface area contributed by atoms with Crippen molar-refractivity contribution >= 4 is 17.6 Å². The van der Waals surface area contributed by atoms with Crippen LogP contribution in [0.4, 0.5) is 0 Å². The molecule has 0 aromatic heterocycles. The van der Waals surface area contributed by atoms with Gasteiger partial charge in [0.25, 0.3) is 0 Å². The Kier molecular flexibility index (Phi) is 5.12. The monoisotopic (exact) mass is 231 g/mol. The molecular formula is C11H18ClNO2. The van der Waals surface area contributed by atoms with Crippen LogP contribution in [-0.4, -0.2) is 36.6 Å². The van der Waals surface area contributed by atoms with Crippen LogP contribution < -0.4 is 0 Å². The molecule has 0 N–H and O–H groups in total. The van der Waals surface area contributed by atoms with E-state index in [1.54, 1.807) is 5.54 Å². The first-order valence-electron chi connectivity index (χ1n) is 5.35. The van der Waals surface area contributed by atoms with Gasteiger partial charge in [-0.3, -0.25) is 9.69 Å². The lowest BCUT2D eigenvalue weighted by atomic mass is 10.2. The molecule has 15 heavy (non-hydrogen) atoms. The number of esters is 1. The number of carbonyl (C=O) groups is 1. The highest BCUT2D eigenvalue weighted by molar-refractivity contribution is 6.25. The fourth-order valence-electron chi connectivity index (χ4n) is 1.88. The van der Waals surface area contributed by atoms with Gasteiger partial charge >= 0.3 is 5.97 Å². The predicted octanol–water partition coefficient (Wildman–Crippen LogP) is 2.16. The van der Waals surface area contributed by atoms with Crippen molar-refractivity contribution in [2.45, 2.75) is 32.7 Å². The highest BCUT2D eigenvalue weighted by atomic mass is 35.5. The molecule has 1 unspecified atom stereocenters. The molecule has 1 aliphatic heterocycles. The molecule has 1 saturated heterocycles. The first-order chi connectivity index (χ1) is 7.19. The van der Waals surface area contributed by atoms with Gasteiger partial charge in [0.2, 0.25) is 0 Å². The first kappa shape index (κ1) is 12.5. The minimum Gasteiger partial charge on any atom is -0.465 e. The van der Waals surface area contributed by atoms with Crippen molar-refractivity contribution < 1.29 is 9.53 Å². The maximum atomic E-state index is 11.6. The Morgan fingerprint density at radius 2 is 2.40 bits per heavy atom. The van der Waals surface area contributed by atoms with E-state index in [1.807, 2.05) is 13.8 Å². The average Bonchev–Trinajstić information content (AvgIpc) is 2.66. The van der Waals surface area contributed by atoms with E-state index < -0.39 is 0 Å². The van der Waals surface area contributed by atoms with E-state index in [0.29, 0.717) is 6.61 Å². The molecule has 0 aliphatic carbocycles. The summed E-state index contributed by atoms with van der Waals surface area (Å²) >= 11 is 5.61. The zero-order chi connectivity index (χ0) is 11.3. The lowest BCUT2D eigenvalue weighted by molar-refractivity contribution is -0.148. The smallest absolute Gasteiger partial charge is 0.323 e. The minimum atomic E-state index is -0.0997. The van der Waals surface area contributed by atoms with Crippen LogP contribution in [0.15, 0.2) is 11.1 Å². The van der Waals surface area contributed by atoms with E-state index in [0.717, 1.165) is 31.5 Å².